The fourth-order valence-electron chi connectivity index (χ4n) is 1.33. The zero-order chi connectivity index (χ0) is 11.7. The summed E-state index contributed by atoms with van der Waals surface area (Å²) in [6.45, 7) is 0. The number of nitrogens with two attached hydrogens (primary N) is 1. The Morgan fingerprint density at radius 1 is 1.25 bits per heavy atom. The van der Waals surface area contributed by atoms with E-state index in [-0.39, 0.29) is 5.02 Å². The molecule has 1 aromatic carbocycles. The van der Waals surface area contributed by atoms with Crippen LogP contribution >= 0.6 is 27.5 Å². The highest BCUT2D eigenvalue weighted by atomic mass is 79.9. The van der Waals surface area contributed by atoms with Gasteiger partial charge in [-0.3, -0.25) is 0 Å². The third kappa shape index (κ3) is 2.03. The fourth-order valence-corrected chi connectivity index (χ4v) is 1.80. The van der Waals surface area contributed by atoms with Crippen molar-refractivity contribution < 1.29 is 4.39 Å². The van der Waals surface area contributed by atoms with Gasteiger partial charge in [0.25, 0.3) is 0 Å². The van der Waals surface area contributed by atoms with Crippen LogP contribution in [0.3, 0.4) is 0 Å². The smallest absolute Gasteiger partial charge is 0.152 e. The number of aromatic nitrogens is 1. The van der Waals surface area contributed by atoms with Crippen LogP contribution in [-0.2, 0) is 0 Å². The van der Waals surface area contributed by atoms with Crippen LogP contribution in [0, 0.1) is 5.82 Å². The molecule has 0 aliphatic carbocycles. The summed E-state index contributed by atoms with van der Waals surface area (Å²) in [7, 11) is 0. The normalized spacial score (nSPS) is 10.4. The Hall–Kier alpha value is -1.13. The monoisotopic (exact) mass is 300 g/mol. The van der Waals surface area contributed by atoms with Gasteiger partial charge in [0.1, 0.15) is 5.82 Å². The quantitative estimate of drug-likeness (QED) is 0.812. The highest BCUT2D eigenvalue weighted by molar-refractivity contribution is 9.10. The Balaban J connectivity index is 2.61. The summed E-state index contributed by atoms with van der Waals surface area (Å²) in [4.78, 5) is 4.04. The van der Waals surface area contributed by atoms with E-state index in [4.69, 9.17) is 17.3 Å². The SMILES string of the molecule is Nc1cccc(-c2ccc(Br)c(Cl)c2F)n1. The summed E-state index contributed by atoms with van der Waals surface area (Å²) in [5.74, 6) is -0.162. The molecule has 0 fully saturated rings. The molecule has 0 atom stereocenters. The van der Waals surface area contributed by atoms with Gasteiger partial charge in [0.05, 0.1) is 10.7 Å². The predicted molar refractivity (Wildman–Crippen MR) is 66.8 cm³/mol. The summed E-state index contributed by atoms with van der Waals surface area (Å²) >= 11 is 8.94. The largest absolute Gasteiger partial charge is 0.384 e. The minimum absolute atomic E-state index is 0.0433. The van der Waals surface area contributed by atoms with Crippen molar-refractivity contribution in [3.63, 3.8) is 0 Å². The highest BCUT2D eigenvalue weighted by Gasteiger charge is 2.12. The highest BCUT2D eigenvalue weighted by Crippen LogP contribution is 2.32. The Bertz CT molecular complexity index is 546. The minimum atomic E-state index is -0.505. The van der Waals surface area contributed by atoms with Crippen molar-refractivity contribution in [1.82, 2.24) is 4.98 Å². The van der Waals surface area contributed by atoms with Crippen LogP contribution in [0.2, 0.25) is 5.02 Å². The van der Waals surface area contributed by atoms with Crippen LogP contribution in [0.25, 0.3) is 11.3 Å². The molecule has 1 heterocycles. The van der Waals surface area contributed by atoms with Crippen LogP contribution in [-0.4, -0.2) is 4.98 Å². The molecule has 2 N–H and O–H groups in total. The third-order valence-electron chi connectivity index (χ3n) is 2.08. The molecule has 0 radical (unpaired) electrons. The molecule has 0 aliphatic rings. The zero-order valence-electron chi connectivity index (χ0n) is 8.05. The van der Waals surface area contributed by atoms with E-state index >= 15 is 0 Å². The first-order chi connectivity index (χ1) is 7.59. The molecule has 0 saturated carbocycles. The molecule has 5 heteroatoms. The second-order valence-corrected chi connectivity index (χ2v) is 4.40. The molecular weight excluding hydrogens is 294 g/mol. The van der Waals surface area contributed by atoms with Crippen molar-refractivity contribution in [3.8, 4) is 11.3 Å². The van der Waals surface area contributed by atoms with Gasteiger partial charge in [-0.15, -0.1) is 0 Å². The first kappa shape index (κ1) is 11.4. The molecule has 1 aromatic heterocycles. The number of nitrogen functional groups attached to an aromatic ring is 1. The fraction of sp³-hybridized carbons (Fsp3) is 0. The van der Waals surface area contributed by atoms with E-state index in [0.29, 0.717) is 21.5 Å². The average Bonchev–Trinajstić information content (AvgIpc) is 2.26. The van der Waals surface area contributed by atoms with Crippen molar-refractivity contribution in [2.75, 3.05) is 5.73 Å². The zero-order valence-corrected chi connectivity index (χ0v) is 10.4. The molecule has 2 aromatic rings. The standard InChI is InChI=1S/C11H7BrClFN2/c12-7-5-4-6(11(14)10(7)13)8-2-1-3-9(15)16-8/h1-5H,(H2,15,16). The summed E-state index contributed by atoms with van der Waals surface area (Å²) in [6, 6.07) is 8.31. The number of halogens is 3. The van der Waals surface area contributed by atoms with E-state index in [0.717, 1.165) is 0 Å². The average molecular weight is 302 g/mol. The van der Waals surface area contributed by atoms with Crippen LogP contribution in [0.15, 0.2) is 34.8 Å². The van der Waals surface area contributed by atoms with Crippen LogP contribution in [0.4, 0.5) is 10.2 Å². The van der Waals surface area contributed by atoms with Crippen molar-refractivity contribution in [3.05, 3.63) is 45.6 Å². The second kappa shape index (κ2) is 4.39. The van der Waals surface area contributed by atoms with E-state index in [1.165, 1.54) is 0 Å². The molecule has 0 aliphatic heterocycles. The Morgan fingerprint density at radius 2 is 2.00 bits per heavy atom. The van der Waals surface area contributed by atoms with Crippen molar-refractivity contribution in [1.29, 1.82) is 0 Å². The lowest BCUT2D eigenvalue weighted by molar-refractivity contribution is 0.630. The van der Waals surface area contributed by atoms with Gasteiger partial charge < -0.3 is 5.73 Å². The molecule has 16 heavy (non-hydrogen) atoms. The van der Waals surface area contributed by atoms with Crippen molar-refractivity contribution in [2.24, 2.45) is 0 Å². The number of pyridine rings is 1. The number of benzene rings is 1. The first-order valence-electron chi connectivity index (χ1n) is 4.46. The van der Waals surface area contributed by atoms with Crippen molar-refractivity contribution in [2.45, 2.75) is 0 Å². The maximum atomic E-state index is 13.8. The van der Waals surface area contributed by atoms with Gasteiger partial charge in [-0.1, -0.05) is 17.7 Å². The molecule has 0 saturated heterocycles. The summed E-state index contributed by atoms with van der Waals surface area (Å²) in [5, 5.41) is 0.0433. The van der Waals surface area contributed by atoms with Gasteiger partial charge in [-0.05, 0) is 40.2 Å². The molecule has 0 spiro atoms. The Kier molecular flexibility index (Phi) is 3.12. The molecule has 0 bridgehead atoms. The lowest BCUT2D eigenvalue weighted by atomic mass is 10.1. The minimum Gasteiger partial charge on any atom is -0.384 e. The number of anilines is 1. The first-order valence-corrected chi connectivity index (χ1v) is 5.63. The molecule has 2 rings (SSSR count). The number of hydrogen-bond donors (Lipinski definition) is 1. The lowest BCUT2D eigenvalue weighted by Crippen LogP contribution is -1.94. The third-order valence-corrected chi connectivity index (χ3v) is 3.34. The van der Waals surface area contributed by atoms with E-state index < -0.39 is 5.82 Å². The van der Waals surface area contributed by atoms with E-state index in [1.807, 2.05) is 0 Å². The van der Waals surface area contributed by atoms with Crippen LogP contribution < -0.4 is 5.73 Å². The van der Waals surface area contributed by atoms with Crippen LogP contribution in [0.1, 0.15) is 0 Å². The maximum absolute atomic E-state index is 13.8. The summed E-state index contributed by atoms with van der Waals surface area (Å²) in [6.07, 6.45) is 0. The van der Waals surface area contributed by atoms with Gasteiger partial charge in [-0.25, -0.2) is 9.37 Å². The number of hydrogen-bond acceptors (Lipinski definition) is 2. The van der Waals surface area contributed by atoms with Gasteiger partial charge in [0, 0.05) is 10.0 Å². The van der Waals surface area contributed by atoms with Crippen LogP contribution in [0.5, 0.6) is 0 Å². The van der Waals surface area contributed by atoms with E-state index in [9.17, 15) is 4.39 Å². The molecule has 0 amide bonds. The summed E-state index contributed by atoms with van der Waals surface area (Å²) in [5.41, 5.74) is 6.34. The van der Waals surface area contributed by atoms with Gasteiger partial charge >= 0.3 is 0 Å². The van der Waals surface area contributed by atoms with E-state index in [1.54, 1.807) is 30.3 Å². The topological polar surface area (TPSA) is 38.9 Å². The van der Waals surface area contributed by atoms with Gasteiger partial charge in [0.15, 0.2) is 5.82 Å². The molecule has 0 unspecified atom stereocenters. The lowest BCUT2D eigenvalue weighted by Gasteiger charge is -2.06. The predicted octanol–water partition coefficient (Wildman–Crippen LogP) is 3.89. The van der Waals surface area contributed by atoms with Crippen molar-refractivity contribution >= 4 is 33.3 Å². The molecular formula is C11H7BrClFN2. The Morgan fingerprint density at radius 3 is 2.69 bits per heavy atom. The molecule has 2 nitrogen and oxygen atoms in total. The maximum Gasteiger partial charge on any atom is 0.152 e. The van der Waals surface area contributed by atoms with E-state index in [2.05, 4.69) is 20.9 Å². The Labute approximate surface area is 105 Å². The summed E-state index contributed by atoms with van der Waals surface area (Å²) < 4.78 is 14.4. The number of rotatable bonds is 1. The molecule has 82 valence electrons. The van der Waals surface area contributed by atoms with Gasteiger partial charge in [-0.2, -0.15) is 0 Å². The second-order valence-electron chi connectivity index (χ2n) is 3.17. The number of nitrogens with zero attached hydrogens (tertiary/aromatic N) is 1. The van der Waals surface area contributed by atoms with Gasteiger partial charge in [0.2, 0.25) is 0 Å².